The lowest BCUT2D eigenvalue weighted by molar-refractivity contribution is -0.193. The first-order valence-electron chi connectivity index (χ1n) is 6.02. The predicted molar refractivity (Wildman–Crippen MR) is 60.2 cm³/mol. The molecule has 1 saturated carbocycles. The van der Waals surface area contributed by atoms with Gasteiger partial charge in [-0.05, 0) is 18.8 Å². The zero-order valence-corrected chi connectivity index (χ0v) is 10.4. The summed E-state index contributed by atoms with van der Waals surface area (Å²) >= 11 is 0. The zero-order chi connectivity index (χ0) is 12.5. The van der Waals surface area contributed by atoms with Crippen LogP contribution in [0, 0.1) is 11.3 Å². The van der Waals surface area contributed by atoms with E-state index in [1.54, 1.807) is 11.9 Å². The third-order valence-corrected chi connectivity index (χ3v) is 3.79. The molecule has 1 heterocycles. The highest BCUT2D eigenvalue weighted by Crippen LogP contribution is 2.33. The van der Waals surface area contributed by atoms with Gasteiger partial charge >= 0.3 is 5.97 Å². The first kappa shape index (κ1) is 12.4. The Morgan fingerprint density at radius 2 is 2.06 bits per heavy atom. The molecule has 5 nitrogen and oxygen atoms in total. The molecule has 1 aliphatic heterocycles. The topological polar surface area (TPSA) is 55.8 Å². The van der Waals surface area contributed by atoms with E-state index in [9.17, 15) is 9.59 Å². The van der Waals surface area contributed by atoms with Crippen LogP contribution in [0.5, 0.6) is 0 Å². The van der Waals surface area contributed by atoms with Gasteiger partial charge in [-0.1, -0.05) is 6.42 Å². The number of rotatable bonds is 4. The fourth-order valence-corrected chi connectivity index (χ4v) is 2.34. The summed E-state index contributed by atoms with van der Waals surface area (Å²) in [5, 5.41) is 0. The maximum atomic E-state index is 12.3. The number of esters is 1. The third-order valence-electron chi connectivity index (χ3n) is 3.79. The summed E-state index contributed by atoms with van der Waals surface area (Å²) in [6, 6.07) is 0. The number of amides is 1. The van der Waals surface area contributed by atoms with E-state index in [0.717, 1.165) is 6.54 Å². The Morgan fingerprint density at radius 3 is 2.41 bits per heavy atom. The lowest BCUT2D eigenvalue weighted by Crippen LogP contribution is -2.60. The molecule has 5 heteroatoms. The van der Waals surface area contributed by atoms with Crippen molar-refractivity contribution in [3.05, 3.63) is 0 Å². The molecule has 0 aromatic heterocycles. The van der Waals surface area contributed by atoms with Gasteiger partial charge in [0.25, 0.3) is 0 Å². The molecule has 2 aliphatic rings. The number of ether oxygens (including phenoxy) is 2. The van der Waals surface area contributed by atoms with Crippen molar-refractivity contribution in [1.29, 1.82) is 0 Å². The lowest BCUT2D eigenvalue weighted by Gasteiger charge is -2.40. The highest BCUT2D eigenvalue weighted by Gasteiger charge is 2.55. The molecule has 17 heavy (non-hydrogen) atoms. The highest BCUT2D eigenvalue weighted by atomic mass is 16.5. The fourth-order valence-electron chi connectivity index (χ4n) is 2.34. The molecule has 0 radical (unpaired) electrons. The Kier molecular flexibility index (Phi) is 3.38. The van der Waals surface area contributed by atoms with Crippen LogP contribution in [0.15, 0.2) is 0 Å². The standard InChI is InChI=1S/C12H19NO4/c1-13(6-9-4-3-5-9)10(14)12(7-17-8-12)11(15)16-2/h9H,3-8H2,1-2H3. The van der Waals surface area contributed by atoms with Crippen LogP contribution in [0.4, 0.5) is 0 Å². The number of hydrogen-bond acceptors (Lipinski definition) is 4. The normalized spacial score (nSPS) is 22.2. The molecule has 0 bridgehead atoms. The Morgan fingerprint density at radius 1 is 1.41 bits per heavy atom. The van der Waals surface area contributed by atoms with E-state index >= 15 is 0 Å². The van der Waals surface area contributed by atoms with E-state index in [4.69, 9.17) is 9.47 Å². The molecular weight excluding hydrogens is 222 g/mol. The third kappa shape index (κ3) is 2.04. The first-order valence-corrected chi connectivity index (χ1v) is 6.02. The Labute approximate surface area is 101 Å². The van der Waals surface area contributed by atoms with Gasteiger partial charge in [-0.3, -0.25) is 9.59 Å². The minimum Gasteiger partial charge on any atom is -0.468 e. The molecule has 0 aromatic rings. The monoisotopic (exact) mass is 241 g/mol. The van der Waals surface area contributed by atoms with Gasteiger partial charge in [-0.25, -0.2) is 0 Å². The molecule has 0 N–H and O–H groups in total. The number of methoxy groups -OCH3 is 1. The molecular formula is C12H19NO4. The second kappa shape index (κ2) is 4.64. The van der Waals surface area contributed by atoms with Crippen molar-refractivity contribution in [3.8, 4) is 0 Å². The quantitative estimate of drug-likeness (QED) is 0.529. The Balaban J connectivity index is 1.98. The predicted octanol–water partition coefficient (Wildman–Crippen LogP) is 0.434. The molecule has 1 amide bonds. The lowest BCUT2D eigenvalue weighted by atomic mass is 9.82. The molecule has 0 unspecified atom stereocenters. The summed E-state index contributed by atoms with van der Waals surface area (Å²) in [6.07, 6.45) is 3.61. The van der Waals surface area contributed by atoms with Crippen molar-refractivity contribution in [2.75, 3.05) is 33.9 Å². The first-order chi connectivity index (χ1) is 8.10. The number of nitrogens with zero attached hydrogens (tertiary/aromatic N) is 1. The summed E-state index contributed by atoms with van der Waals surface area (Å²) in [7, 11) is 3.06. The van der Waals surface area contributed by atoms with Crippen molar-refractivity contribution < 1.29 is 19.1 Å². The van der Waals surface area contributed by atoms with Crippen LogP contribution >= 0.6 is 0 Å². The summed E-state index contributed by atoms with van der Waals surface area (Å²) in [5.41, 5.74) is -1.08. The largest absolute Gasteiger partial charge is 0.468 e. The van der Waals surface area contributed by atoms with Gasteiger partial charge in [0.2, 0.25) is 5.91 Å². The molecule has 0 aromatic carbocycles. The van der Waals surface area contributed by atoms with Gasteiger partial charge in [0.15, 0.2) is 5.41 Å². The van der Waals surface area contributed by atoms with E-state index in [1.807, 2.05) is 0 Å². The summed E-state index contributed by atoms with van der Waals surface area (Å²) in [6.45, 7) is 1.03. The number of hydrogen-bond donors (Lipinski definition) is 0. The van der Waals surface area contributed by atoms with Crippen LogP contribution in [0.2, 0.25) is 0 Å². The summed E-state index contributed by atoms with van der Waals surface area (Å²) < 4.78 is 9.74. The zero-order valence-electron chi connectivity index (χ0n) is 10.4. The molecule has 0 spiro atoms. The number of carbonyl (C=O) groups is 2. The average Bonchev–Trinajstić information content (AvgIpc) is 2.20. The van der Waals surface area contributed by atoms with Gasteiger partial charge in [0.05, 0.1) is 20.3 Å². The van der Waals surface area contributed by atoms with Crippen molar-refractivity contribution in [2.45, 2.75) is 19.3 Å². The van der Waals surface area contributed by atoms with Crippen LogP contribution in [-0.2, 0) is 19.1 Å². The van der Waals surface area contributed by atoms with Crippen LogP contribution in [-0.4, -0.2) is 50.7 Å². The number of carbonyl (C=O) groups excluding carboxylic acids is 2. The van der Waals surface area contributed by atoms with Crippen molar-refractivity contribution in [2.24, 2.45) is 11.3 Å². The second-order valence-corrected chi connectivity index (χ2v) is 5.05. The maximum Gasteiger partial charge on any atom is 0.326 e. The van der Waals surface area contributed by atoms with E-state index < -0.39 is 11.4 Å². The van der Waals surface area contributed by atoms with E-state index in [0.29, 0.717) is 5.92 Å². The van der Waals surface area contributed by atoms with E-state index in [2.05, 4.69) is 0 Å². The van der Waals surface area contributed by atoms with E-state index in [1.165, 1.54) is 26.4 Å². The smallest absolute Gasteiger partial charge is 0.326 e. The van der Waals surface area contributed by atoms with E-state index in [-0.39, 0.29) is 19.1 Å². The summed E-state index contributed by atoms with van der Waals surface area (Å²) in [4.78, 5) is 25.6. The van der Waals surface area contributed by atoms with Gasteiger partial charge in [0.1, 0.15) is 0 Å². The Bertz CT molecular complexity index is 320. The average molecular weight is 241 g/mol. The van der Waals surface area contributed by atoms with Crippen molar-refractivity contribution >= 4 is 11.9 Å². The summed E-state index contributed by atoms with van der Waals surface area (Å²) in [5.74, 6) is -0.0450. The van der Waals surface area contributed by atoms with Crippen LogP contribution < -0.4 is 0 Å². The van der Waals surface area contributed by atoms with Gasteiger partial charge < -0.3 is 14.4 Å². The Hall–Kier alpha value is -1.10. The van der Waals surface area contributed by atoms with Crippen molar-refractivity contribution in [1.82, 2.24) is 4.90 Å². The van der Waals surface area contributed by atoms with Crippen LogP contribution in [0.1, 0.15) is 19.3 Å². The second-order valence-electron chi connectivity index (χ2n) is 5.05. The molecule has 1 saturated heterocycles. The van der Waals surface area contributed by atoms with Gasteiger partial charge in [-0.15, -0.1) is 0 Å². The fraction of sp³-hybridized carbons (Fsp3) is 0.833. The SMILES string of the molecule is COC(=O)C1(C(=O)N(C)CC2CCC2)COC1. The van der Waals surface area contributed by atoms with Gasteiger partial charge in [-0.2, -0.15) is 0 Å². The minimum absolute atomic E-state index is 0.146. The van der Waals surface area contributed by atoms with Crippen LogP contribution in [0.25, 0.3) is 0 Å². The van der Waals surface area contributed by atoms with Crippen molar-refractivity contribution in [3.63, 3.8) is 0 Å². The molecule has 2 rings (SSSR count). The molecule has 96 valence electrons. The molecule has 0 atom stereocenters. The maximum absolute atomic E-state index is 12.3. The highest BCUT2D eigenvalue weighted by molar-refractivity contribution is 6.03. The van der Waals surface area contributed by atoms with Gasteiger partial charge in [0, 0.05) is 13.6 Å². The molecule has 2 fully saturated rings. The minimum atomic E-state index is -1.08. The molecule has 1 aliphatic carbocycles. The van der Waals surface area contributed by atoms with Crippen LogP contribution in [0.3, 0.4) is 0 Å².